The predicted octanol–water partition coefficient (Wildman–Crippen LogP) is 1.94. The quantitative estimate of drug-likeness (QED) is 0.752. The number of fused-ring (bicyclic) bond motifs is 3. The fourth-order valence-electron chi connectivity index (χ4n) is 5.29. The van der Waals surface area contributed by atoms with E-state index < -0.39 is 11.2 Å². The van der Waals surface area contributed by atoms with E-state index in [0.29, 0.717) is 43.5 Å². The smallest absolute Gasteiger partial charge is 0.258 e. The monoisotopic (exact) mass is 426 g/mol. The van der Waals surface area contributed by atoms with Gasteiger partial charge in [-0.05, 0) is 45.2 Å². The lowest BCUT2D eigenvalue weighted by atomic mass is 9.80. The van der Waals surface area contributed by atoms with Gasteiger partial charge in [-0.3, -0.25) is 24.1 Å². The number of hydrogen-bond acceptors (Lipinski definition) is 4. The minimum absolute atomic E-state index is 0.0565. The van der Waals surface area contributed by atoms with Crippen LogP contribution >= 0.6 is 0 Å². The van der Waals surface area contributed by atoms with Crippen molar-refractivity contribution in [1.29, 1.82) is 0 Å². The fraction of sp³-hybridized carbons (Fsp3) is 0.565. The zero-order valence-corrected chi connectivity index (χ0v) is 18.2. The summed E-state index contributed by atoms with van der Waals surface area (Å²) in [6.07, 6.45) is 4.72. The summed E-state index contributed by atoms with van der Waals surface area (Å²) >= 11 is 0. The molecule has 8 nitrogen and oxygen atoms in total. The van der Waals surface area contributed by atoms with Gasteiger partial charge in [0.15, 0.2) is 0 Å². The van der Waals surface area contributed by atoms with Crippen molar-refractivity contribution >= 4 is 29.3 Å². The van der Waals surface area contributed by atoms with Crippen LogP contribution in [-0.2, 0) is 14.4 Å². The SMILES string of the molecule is CCNC(=O)C1(NC(=O)CN2C(=O)c3ccccc3N3C(=O)CCC23C)CCCCC1. The minimum Gasteiger partial charge on any atom is -0.354 e. The van der Waals surface area contributed by atoms with Crippen molar-refractivity contribution in [2.24, 2.45) is 0 Å². The number of amides is 4. The third-order valence-corrected chi connectivity index (χ3v) is 6.91. The molecule has 2 heterocycles. The maximum absolute atomic E-state index is 13.3. The van der Waals surface area contributed by atoms with Crippen molar-refractivity contribution in [2.45, 2.75) is 70.0 Å². The summed E-state index contributed by atoms with van der Waals surface area (Å²) in [6.45, 7) is 3.98. The van der Waals surface area contributed by atoms with E-state index in [4.69, 9.17) is 0 Å². The molecule has 166 valence electrons. The van der Waals surface area contributed by atoms with Crippen molar-refractivity contribution in [3.63, 3.8) is 0 Å². The Bertz CT molecular complexity index is 924. The maximum Gasteiger partial charge on any atom is 0.258 e. The molecule has 1 aliphatic carbocycles. The summed E-state index contributed by atoms with van der Waals surface area (Å²) in [5.41, 5.74) is -0.821. The molecule has 4 amide bonds. The molecule has 3 aliphatic rings. The summed E-state index contributed by atoms with van der Waals surface area (Å²) in [7, 11) is 0. The number of para-hydroxylation sites is 1. The highest BCUT2D eigenvalue weighted by Gasteiger charge is 2.53. The molecule has 0 radical (unpaired) electrons. The molecule has 8 heteroatoms. The largest absolute Gasteiger partial charge is 0.354 e. The molecular formula is C23H30N4O4. The molecule has 0 bridgehead atoms. The van der Waals surface area contributed by atoms with E-state index >= 15 is 0 Å². The molecule has 2 fully saturated rings. The van der Waals surface area contributed by atoms with Gasteiger partial charge in [0.2, 0.25) is 17.7 Å². The lowest BCUT2D eigenvalue weighted by Gasteiger charge is -2.48. The summed E-state index contributed by atoms with van der Waals surface area (Å²) in [5.74, 6) is -0.863. The van der Waals surface area contributed by atoms with E-state index in [0.717, 1.165) is 19.3 Å². The van der Waals surface area contributed by atoms with Gasteiger partial charge in [-0.1, -0.05) is 31.4 Å². The lowest BCUT2D eigenvalue weighted by molar-refractivity contribution is -0.135. The van der Waals surface area contributed by atoms with Crippen LogP contribution in [0.15, 0.2) is 24.3 Å². The molecule has 1 saturated carbocycles. The topological polar surface area (TPSA) is 98.8 Å². The maximum atomic E-state index is 13.3. The van der Waals surface area contributed by atoms with Crippen LogP contribution in [0.25, 0.3) is 0 Å². The Kier molecular flexibility index (Phi) is 5.49. The Morgan fingerprint density at radius 3 is 2.48 bits per heavy atom. The zero-order chi connectivity index (χ0) is 22.2. The number of benzene rings is 1. The molecule has 31 heavy (non-hydrogen) atoms. The van der Waals surface area contributed by atoms with Crippen molar-refractivity contribution in [2.75, 3.05) is 18.0 Å². The molecule has 1 unspecified atom stereocenters. The Morgan fingerprint density at radius 2 is 1.77 bits per heavy atom. The van der Waals surface area contributed by atoms with E-state index in [2.05, 4.69) is 10.6 Å². The highest BCUT2D eigenvalue weighted by molar-refractivity contribution is 6.11. The number of carbonyl (C=O) groups excluding carboxylic acids is 4. The van der Waals surface area contributed by atoms with Gasteiger partial charge in [-0.15, -0.1) is 0 Å². The number of hydrogen-bond donors (Lipinski definition) is 2. The van der Waals surface area contributed by atoms with E-state index in [9.17, 15) is 19.2 Å². The number of carbonyl (C=O) groups is 4. The van der Waals surface area contributed by atoms with Gasteiger partial charge in [0.1, 0.15) is 17.7 Å². The van der Waals surface area contributed by atoms with Crippen molar-refractivity contribution in [3.8, 4) is 0 Å². The van der Waals surface area contributed by atoms with Crippen molar-refractivity contribution < 1.29 is 19.2 Å². The van der Waals surface area contributed by atoms with Crippen LogP contribution in [0.3, 0.4) is 0 Å². The number of rotatable bonds is 5. The standard InChI is InChI=1S/C23H30N4O4/c1-3-24-21(31)23(12-7-4-8-13-23)25-18(28)15-26-20(30)16-9-5-6-10-17(16)27-19(29)11-14-22(26,27)2/h5-6,9-10H,3-4,7-8,11-15H2,1-2H3,(H,24,31)(H,25,28). The summed E-state index contributed by atoms with van der Waals surface area (Å²) in [5, 5.41) is 5.82. The highest BCUT2D eigenvalue weighted by Crippen LogP contribution is 2.43. The normalized spacial score (nSPS) is 24.5. The van der Waals surface area contributed by atoms with Gasteiger partial charge in [0.05, 0.1) is 11.3 Å². The number of likely N-dealkylation sites (N-methyl/N-ethyl adjacent to an activating group) is 1. The second-order valence-corrected chi connectivity index (χ2v) is 8.90. The number of nitrogens with zero attached hydrogens (tertiary/aromatic N) is 2. The van der Waals surface area contributed by atoms with Crippen LogP contribution in [0, 0.1) is 0 Å². The van der Waals surface area contributed by atoms with Gasteiger partial charge >= 0.3 is 0 Å². The van der Waals surface area contributed by atoms with Crippen LogP contribution in [0.4, 0.5) is 5.69 Å². The van der Waals surface area contributed by atoms with Gasteiger partial charge in [-0.2, -0.15) is 0 Å². The first-order chi connectivity index (χ1) is 14.8. The third kappa shape index (κ3) is 3.47. The molecule has 4 rings (SSSR count). The zero-order valence-electron chi connectivity index (χ0n) is 18.2. The van der Waals surface area contributed by atoms with Crippen molar-refractivity contribution in [3.05, 3.63) is 29.8 Å². The Hall–Kier alpha value is -2.90. The first-order valence-electron chi connectivity index (χ1n) is 11.2. The summed E-state index contributed by atoms with van der Waals surface area (Å²) in [6, 6.07) is 7.02. The van der Waals surface area contributed by atoms with Crippen LogP contribution in [0.1, 0.15) is 69.2 Å². The van der Waals surface area contributed by atoms with Gasteiger partial charge in [-0.25, -0.2) is 0 Å². The number of anilines is 1. The third-order valence-electron chi connectivity index (χ3n) is 6.91. The lowest BCUT2D eigenvalue weighted by Crippen LogP contribution is -2.66. The van der Waals surface area contributed by atoms with Crippen LogP contribution in [-0.4, -0.2) is 52.8 Å². The van der Waals surface area contributed by atoms with Crippen LogP contribution in [0.5, 0.6) is 0 Å². The van der Waals surface area contributed by atoms with Crippen molar-refractivity contribution in [1.82, 2.24) is 15.5 Å². The van der Waals surface area contributed by atoms with E-state index in [1.54, 1.807) is 29.2 Å². The molecule has 1 atom stereocenters. The first-order valence-corrected chi connectivity index (χ1v) is 11.2. The molecule has 1 aromatic rings. The first kappa shape index (κ1) is 21.3. The molecule has 2 aliphatic heterocycles. The molecule has 0 spiro atoms. The van der Waals surface area contributed by atoms with E-state index in [-0.39, 0.29) is 30.2 Å². The fourth-order valence-corrected chi connectivity index (χ4v) is 5.29. The Balaban J connectivity index is 1.61. The molecular weight excluding hydrogens is 396 g/mol. The molecule has 1 aromatic carbocycles. The van der Waals surface area contributed by atoms with E-state index in [1.165, 1.54) is 4.90 Å². The predicted molar refractivity (Wildman–Crippen MR) is 115 cm³/mol. The minimum atomic E-state index is -0.936. The molecule has 1 saturated heterocycles. The molecule has 2 N–H and O–H groups in total. The average Bonchev–Trinajstić information content (AvgIpc) is 3.07. The van der Waals surface area contributed by atoms with Gasteiger partial charge < -0.3 is 15.5 Å². The highest BCUT2D eigenvalue weighted by atomic mass is 16.2. The Morgan fingerprint density at radius 1 is 1.06 bits per heavy atom. The average molecular weight is 427 g/mol. The van der Waals surface area contributed by atoms with Gasteiger partial charge in [0.25, 0.3) is 5.91 Å². The van der Waals surface area contributed by atoms with E-state index in [1.807, 2.05) is 13.8 Å². The summed E-state index contributed by atoms with van der Waals surface area (Å²) in [4.78, 5) is 55.1. The number of nitrogens with one attached hydrogen (secondary N) is 2. The second-order valence-electron chi connectivity index (χ2n) is 8.90. The Labute approximate surface area is 182 Å². The van der Waals surface area contributed by atoms with Gasteiger partial charge in [0, 0.05) is 13.0 Å². The summed E-state index contributed by atoms with van der Waals surface area (Å²) < 4.78 is 0. The van der Waals surface area contributed by atoms with Crippen LogP contribution in [0.2, 0.25) is 0 Å². The second kappa shape index (κ2) is 7.98. The molecule has 0 aromatic heterocycles. The van der Waals surface area contributed by atoms with Crippen LogP contribution < -0.4 is 15.5 Å².